The molecule has 13 heavy (non-hydrogen) atoms. The third-order valence-electron chi connectivity index (χ3n) is 1.75. The van der Waals surface area contributed by atoms with E-state index in [1.165, 1.54) is 0 Å². The lowest BCUT2D eigenvalue weighted by Crippen LogP contribution is -2.25. The number of carbonyl (C=O) groups excluding carboxylic acids is 1. The highest BCUT2D eigenvalue weighted by Crippen LogP contribution is 2.08. The molecule has 0 aliphatic rings. The molecule has 72 valence electrons. The lowest BCUT2D eigenvalue weighted by atomic mass is 10.1. The number of rotatable bonds is 5. The predicted molar refractivity (Wildman–Crippen MR) is 56.4 cm³/mol. The molecule has 1 N–H and O–H groups in total. The van der Waals surface area contributed by atoms with Crippen LogP contribution in [0.5, 0.6) is 0 Å². The SMILES string of the molecule is CC(C)NCCC(=O)c1ccsc1. The molecule has 1 heterocycles. The van der Waals surface area contributed by atoms with Gasteiger partial charge in [-0.25, -0.2) is 0 Å². The van der Waals surface area contributed by atoms with E-state index in [-0.39, 0.29) is 5.78 Å². The van der Waals surface area contributed by atoms with Gasteiger partial charge >= 0.3 is 0 Å². The van der Waals surface area contributed by atoms with Crippen LogP contribution < -0.4 is 5.32 Å². The summed E-state index contributed by atoms with van der Waals surface area (Å²) in [5, 5.41) is 7.06. The summed E-state index contributed by atoms with van der Waals surface area (Å²) in [5.41, 5.74) is 0.843. The molecule has 1 rings (SSSR count). The van der Waals surface area contributed by atoms with Crippen molar-refractivity contribution >= 4 is 17.1 Å². The zero-order valence-electron chi connectivity index (χ0n) is 8.04. The fourth-order valence-corrected chi connectivity index (χ4v) is 1.70. The van der Waals surface area contributed by atoms with Crippen LogP contribution >= 0.6 is 11.3 Å². The third-order valence-corrected chi connectivity index (χ3v) is 2.43. The number of hydrogen-bond donors (Lipinski definition) is 1. The van der Waals surface area contributed by atoms with Crippen LogP contribution in [0.2, 0.25) is 0 Å². The summed E-state index contributed by atoms with van der Waals surface area (Å²) in [6.07, 6.45) is 0.592. The topological polar surface area (TPSA) is 29.1 Å². The minimum Gasteiger partial charge on any atom is -0.314 e. The molecule has 0 aliphatic carbocycles. The first-order chi connectivity index (χ1) is 6.20. The van der Waals surface area contributed by atoms with Gasteiger partial charge in [0.15, 0.2) is 5.78 Å². The van der Waals surface area contributed by atoms with Gasteiger partial charge in [-0.15, -0.1) is 0 Å². The summed E-state index contributed by atoms with van der Waals surface area (Å²) < 4.78 is 0. The minimum atomic E-state index is 0.231. The van der Waals surface area contributed by atoms with Crippen molar-refractivity contribution in [2.45, 2.75) is 26.3 Å². The Morgan fingerprint density at radius 3 is 2.92 bits per heavy atom. The number of ketones is 1. The van der Waals surface area contributed by atoms with Crippen molar-refractivity contribution in [2.24, 2.45) is 0 Å². The number of nitrogens with one attached hydrogen (secondary N) is 1. The normalized spacial score (nSPS) is 10.7. The lowest BCUT2D eigenvalue weighted by molar-refractivity contribution is 0.0982. The molecule has 0 aliphatic heterocycles. The van der Waals surface area contributed by atoms with Gasteiger partial charge in [-0.05, 0) is 11.4 Å². The summed E-state index contributed by atoms with van der Waals surface area (Å²) in [4.78, 5) is 11.5. The molecule has 1 aromatic heterocycles. The quantitative estimate of drug-likeness (QED) is 0.734. The Morgan fingerprint density at radius 1 is 1.62 bits per heavy atom. The van der Waals surface area contributed by atoms with Crippen LogP contribution in [-0.4, -0.2) is 18.4 Å². The largest absolute Gasteiger partial charge is 0.314 e. The molecule has 0 aromatic carbocycles. The summed E-state index contributed by atoms with van der Waals surface area (Å²) in [6, 6.07) is 2.33. The van der Waals surface area contributed by atoms with E-state index in [1.54, 1.807) is 11.3 Å². The monoisotopic (exact) mass is 197 g/mol. The van der Waals surface area contributed by atoms with Crippen molar-refractivity contribution in [3.8, 4) is 0 Å². The molecular formula is C10H15NOS. The second-order valence-electron chi connectivity index (χ2n) is 3.29. The molecule has 0 fully saturated rings. The fourth-order valence-electron chi connectivity index (χ4n) is 1.04. The number of thiophene rings is 1. The summed E-state index contributed by atoms with van der Waals surface area (Å²) in [7, 11) is 0. The highest BCUT2D eigenvalue weighted by atomic mass is 32.1. The Bertz CT molecular complexity index is 254. The molecule has 0 spiro atoms. The second kappa shape index (κ2) is 5.14. The summed E-state index contributed by atoms with van der Waals surface area (Å²) in [5.74, 6) is 0.231. The zero-order chi connectivity index (χ0) is 9.68. The molecule has 0 unspecified atom stereocenters. The fraction of sp³-hybridized carbons (Fsp3) is 0.500. The van der Waals surface area contributed by atoms with E-state index >= 15 is 0 Å². The van der Waals surface area contributed by atoms with Gasteiger partial charge in [0.05, 0.1) is 0 Å². The Balaban J connectivity index is 2.27. The van der Waals surface area contributed by atoms with Gasteiger partial charge in [-0.1, -0.05) is 13.8 Å². The highest BCUT2D eigenvalue weighted by molar-refractivity contribution is 7.08. The highest BCUT2D eigenvalue weighted by Gasteiger charge is 2.05. The first-order valence-electron chi connectivity index (χ1n) is 4.49. The lowest BCUT2D eigenvalue weighted by Gasteiger charge is -2.05. The van der Waals surface area contributed by atoms with Crippen LogP contribution in [0.1, 0.15) is 30.6 Å². The van der Waals surface area contributed by atoms with Gasteiger partial charge < -0.3 is 5.32 Å². The first-order valence-corrected chi connectivity index (χ1v) is 5.43. The van der Waals surface area contributed by atoms with E-state index in [0.29, 0.717) is 12.5 Å². The third kappa shape index (κ3) is 3.70. The van der Waals surface area contributed by atoms with E-state index in [0.717, 1.165) is 12.1 Å². The maximum atomic E-state index is 11.5. The van der Waals surface area contributed by atoms with E-state index < -0.39 is 0 Å². The average molecular weight is 197 g/mol. The first kappa shape index (κ1) is 10.4. The van der Waals surface area contributed by atoms with Crippen molar-refractivity contribution in [3.05, 3.63) is 22.4 Å². The standard InChI is InChI=1S/C10H15NOS/c1-8(2)11-5-3-10(12)9-4-6-13-7-9/h4,6-8,11H,3,5H2,1-2H3. The van der Waals surface area contributed by atoms with E-state index in [2.05, 4.69) is 19.2 Å². The van der Waals surface area contributed by atoms with Gasteiger partial charge in [0.25, 0.3) is 0 Å². The molecule has 0 bridgehead atoms. The molecule has 0 atom stereocenters. The number of Topliss-reactive ketones (excluding diaryl/α,β-unsaturated/α-hetero) is 1. The summed E-state index contributed by atoms with van der Waals surface area (Å²) in [6.45, 7) is 4.93. The molecular weight excluding hydrogens is 182 g/mol. The molecule has 0 amide bonds. The van der Waals surface area contributed by atoms with Crippen molar-refractivity contribution in [1.29, 1.82) is 0 Å². The molecule has 0 radical (unpaired) electrons. The van der Waals surface area contributed by atoms with Crippen molar-refractivity contribution in [3.63, 3.8) is 0 Å². The zero-order valence-corrected chi connectivity index (χ0v) is 8.86. The smallest absolute Gasteiger partial charge is 0.164 e. The average Bonchev–Trinajstić information content (AvgIpc) is 2.55. The Hall–Kier alpha value is -0.670. The minimum absolute atomic E-state index is 0.231. The number of carbonyl (C=O) groups is 1. The Kier molecular flexibility index (Phi) is 4.12. The molecule has 2 nitrogen and oxygen atoms in total. The van der Waals surface area contributed by atoms with Crippen LogP contribution in [0.3, 0.4) is 0 Å². The van der Waals surface area contributed by atoms with E-state index in [4.69, 9.17) is 0 Å². The molecule has 3 heteroatoms. The predicted octanol–water partition coefficient (Wildman–Crippen LogP) is 2.32. The van der Waals surface area contributed by atoms with Crippen LogP contribution in [0.25, 0.3) is 0 Å². The Morgan fingerprint density at radius 2 is 2.38 bits per heavy atom. The van der Waals surface area contributed by atoms with Crippen LogP contribution in [0.15, 0.2) is 16.8 Å². The van der Waals surface area contributed by atoms with Gasteiger partial charge in [-0.2, -0.15) is 11.3 Å². The van der Waals surface area contributed by atoms with Crippen molar-refractivity contribution in [2.75, 3.05) is 6.54 Å². The van der Waals surface area contributed by atoms with Gasteiger partial charge in [0.1, 0.15) is 0 Å². The maximum Gasteiger partial charge on any atom is 0.164 e. The van der Waals surface area contributed by atoms with Gasteiger partial charge in [0.2, 0.25) is 0 Å². The molecule has 0 saturated heterocycles. The Labute approximate surface area is 83.0 Å². The van der Waals surface area contributed by atoms with Gasteiger partial charge in [-0.3, -0.25) is 4.79 Å². The van der Waals surface area contributed by atoms with Crippen molar-refractivity contribution < 1.29 is 4.79 Å². The van der Waals surface area contributed by atoms with E-state index in [1.807, 2.05) is 16.8 Å². The summed E-state index contributed by atoms with van der Waals surface area (Å²) >= 11 is 1.57. The molecule has 0 saturated carbocycles. The van der Waals surface area contributed by atoms with E-state index in [9.17, 15) is 4.79 Å². The van der Waals surface area contributed by atoms with Crippen LogP contribution in [0, 0.1) is 0 Å². The second-order valence-corrected chi connectivity index (χ2v) is 4.07. The van der Waals surface area contributed by atoms with Gasteiger partial charge in [0, 0.05) is 30.0 Å². The number of hydrogen-bond acceptors (Lipinski definition) is 3. The van der Waals surface area contributed by atoms with Crippen LogP contribution in [-0.2, 0) is 0 Å². The van der Waals surface area contributed by atoms with Crippen molar-refractivity contribution in [1.82, 2.24) is 5.32 Å². The maximum absolute atomic E-state index is 11.5. The molecule has 1 aromatic rings. The van der Waals surface area contributed by atoms with Crippen LogP contribution in [0.4, 0.5) is 0 Å².